The first-order valence-corrected chi connectivity index (χ1v) is 9.88. The Hall–Kier alpha value is -2.42. The number of halogens is 2. The summed E-state index contributed by atoms with van der Waals surface area (Å²) >= 11 is 10.2. The molecule has 0 amide bonds. The second-order valence-corrected chi connectivity index (χ2v) is 7.55. The average molecular weight is 435 g/mol. The highest BCUT2D eigenvalue weighted by Gasteiger charge is 2.39. The number of benzene rings is 3. The fourth-order valence-electron chi connectivity index (χ4n) is 3.71. The maximum atomic E-state index is 6.76. The van der Waals surface area contributed by atoms with Crippen LogP contribution in [0.3, 0.4) is 0 Å². The lowest BCUT2D eigenvalue weighted by Gasteiger charge is -2.37. The molecule has 3 aromatic carbocycles. The summed E-state index contributed by atoms with van der Waals surface area (Å²) in [4.78, 5) is 4.52. The predicted octanol–water partition coefficient (Wildman–Crippen LogP) is 6.88. The first kappa shape index (κ1) is 18.0. The highest BCUT2D eigenvalue weighted by Crippen LogP contribution is 2.47. The molecule has 0 radical (unpaired) electrons. The predicted molar refractivity (Wildman–Crippen MR) is 115 cm³/mol. The third-order valence-electron chi connectivity index (χ3n) is 4.85. The van der Waals surface area contributed by atoms with Crippen LogP contribution in [0.5, 0.6) is 0 Å². The molecular formula is C24H17BrClN. The Bertz CT molecular complexity index is 991. The SMILES string of the molecule is Clc1ccccc1C(c1ccccc1)(c1ccccc1)c1ccc(Br)nc1. The van der Waals surface area contributed by atoms with Gasteiger partial charge in [-0.1, -0.05) is 96.5 Å². The van der Waals surface area contributed by atoms with Crippen molar-refractivity contribution in [2.75, 3.05) is 0 Å². The number of hydrogen-bond donors (Lipinski definition) is 0. The fourth-order valence-corrected chi connectivity index (χ4v) is 4.22. The van der Waals surface area contributed by atoms with Crippen LogP contribution in [0.1, 0.15) is 22.3 Å². The summed E-state index contributed by atoms with van der Waals surface area (Å²) in [6.45, 7) is 0. The number of nitrogens with zero attached hydrogens (tertiary/aromatic N) is 1. The first-order valence-electron chi connectivity index (χ1n) is 8.71. The van der Waals surface area contributed by atoms with Gasteiger partial charge in [0, 0.05) is 11.2 Å². The van der Waals surface area contributed by atoms with Gasteiger partial charge in [-0.25, -0.2) is 4.98 Å². The molecule has 0 aliphatic heterocycles. The monoisotopic (exact) mass is 433 g/mol. The summed E-state index contributed by atoms with van der Waals surface area (Å²) < 4.78 is 0.806. The number of hydrogen-bond acceptors (Lipinski definition) is 1. The molecule has 1 aromatic heterocycles. The molecule has 132 valence electrons. The van der Waals surface area contributed by atoms with Crippen molar-refractivity contribution in [1.82, 2.24) is 4.98 Å². The minimum Gasteiger partial charge on any atom is -0.249 e. The van der Waals surface area contributed by atoms with Crippen molar-refractivity contribution >= 4 is 27.5 Å². The van der Waals surface area contributed by atoms with E-state index in [9.17, 15) is 0 Å². The quantitative estimate of drug-likeness (QED) is 0.252. The zero-order valence-electron chi connectivity index (χ0n) is 14.5. The number of pyridine rings is 1. The van der Waals surface area contributed by atoms with Gasteiger partial charge in [-0.2, -0.15) is 0 Å². The Morgan fingerprint density at radius 2 is 1.19 bits per heavy atom. The van der Waals surface area contributed by atoms with Crippen LogP contribution in [0.2, 0.25) is 5.02 Å². The molecule has 0 N–H and O–H groups in total. The van der Waals surface area contributed by atoms with Crippen LogP contribution >= 0.6 is 27.5 Å². The molecule has 0 aliphatic rings. The second kappa shape index (κ2) is 7.67. The molecule has 4 aromatic rings. The van der Waals surface area contributed by atoms with Gasteiger partial charge >= 0.3 is 0 Å². The molecular weight excluding hydrogens is 418 g/mol. The van der Waals surface area contributed by atoms with Crippen LogP contribution < -0.4 is 0 Å². The van der Waals surface area contributed by atoms with E-state index in [1.807, 2.05) is 42.6 Å². The molecule has 1 nitrogen and oxygen atoms in total. The van der Waals surface area contributed by atoms with Crippen molar-refractivity contribution in [1.29, 1.82) is 0 Å². The van der Waals surface area contributed by atoms with Crippen LogP contribution in [-0.2, 0) is 5.41 Å². The Morgan fingerprint density at radius 1 is 0.630 bits per heavy atom. The van der Waals surface area contributed by atoms with E-state index in [0.717, 1.165) is 31.9 Å². The van der Waals surface area contributed by atoms with Crippen LogP contribution in [0.25, 0.3) is 0 Å². The Kier molecular flexibility index (Phi) is 5.11. The number of aromatic nitrogens is 1. The molecule has 0 fully saturated rings. The third kappa shape index (κ3) is 3.20. The summed E-state index contributed by atoms with van der Waals surface area (Å²) in [5, 5.41) is 0.730. The smallest absolute Gasteiger partial charge is 0.106 e. The standard InChI is InChI=1S/C24H17BrClN/c25-23-16-15-20(17-27-23)24(18-9-3-1-4-10-18,19-11-5-2-6-12-19)21-13-7-8-14-22(21)26/h1-17H. The van der Waals surface area contributed by atoms with Crippen LogP contribution in [0.15, 0.2) is 108 Å². The van der Waals surface area contributed by atoms with E-state index in [0.29, 0.717) is 0 Å². The maximum Gasteiger partial charge on any atom is 0.106 e. The molecule has 0 spiro atoms. The zero-order valence-corrected chi connectivity index (χ0v) is 16.9. The largest absolute Gasteiger partial charge is 0.249 e. The van der Waals surface area contributed by atoms with Crippen LogP contribution in [-0.4, -0.2) is 4.98 Å². The van der Waals surface area contributed by atoms with Crippen molar-refractivity contribution in [3.05, 3.63) is 135 Å². The van der Waals surface area contributed by atoms with Gasteiger partial charge in [0.25, 0.3) is 0 Å². The topological polar surface area (TPSA) is 12.9 Å². The minimum absolute atomic E-state index is 0.561. The van der Waals surface area contributed by atoms with Gasteiger partial charge in [-0.15, -0.1) is 0 Å². The van der Waals surface area contributed by atoms with E-state index in [2.05, 4.69) is 81.6 Å². The molecule has 0 unspecified atom stereocenters. The van der Waals surface area contributed by atoms with Gasteiger partial charge in [-0.05, 0) is 50.3 Å². The summed E-state index contributed by atoms with van der Waals surface area (Å²) in [6.07, 6.45) is 1.92. The zero-order chi connectivity index (χ0) is 18.7. The number of rotatable bonds is 4. The molecule has 3 heteroatoms. The van der Waals surface area contributed by atoms with Crippen molar-refractivity contribution in [2.24, 2.45) is 0 Å². The molecule has 4 rings (SSSR count). The Labute approximate surface area is 172 Å². The lowest BCUT2D eigenvalue weighted by atomic mass is 9.65. The molecule has 0 bridgehead atoms. The van der Waals surface area contributed by atoms with Gasteiger partial charge < -0.3 is 0 Å². The van der Waals surface area contributed by atoms with Crippen LogP contribution in [0, 0.1) is 0 Å². The van der Waals surface area contributed by atoms with E-state index >= 15 is 0 Å². The van der Waals surface area contributed by atoms with Crippen molar-refractivity contribution in [3.8, 4) is 0 Å². The van der Waals surface area contributed by atoms with E-state index in [4.69, 9.17) is 11.6 Å². The average Bonchev–Trinajstić information content (AvgIpc) is 2.73. The summed E-state index contributed by atoms with van der Waals surface area (Å²) in [5.74, 6) is 0. The van der Waals surface area contributed by atoms with Crippen molar-refractivity contribution in [3.63, 3.8) is 0 Å². The minimum atomic E-state index is -0.561. The van der Waals surface area contributed by atoms with E-state index < -0.39 is 5.41 Å². The van der Waals surface area contributed by atoms with Crippen molar-refractivity contribution in [2.45, 2.75) is 5.41 Å². The van der Waals surface area contributed by atoms with Gasteiger partial charge in [0.1, 0.15) is 4.60 Å². The summed E-state index contributed by atoms with van der Waals surface area (Å²) in [6, 6.07) is 33.1. The van der Waals surface area contributed by atoms with Crippen molar-refractivity contribution < 1.29 is 0 Å². The van der Waals surface area contributed by atoms with Gasteiger partial charge in [0.05, 0.1) is 5.41 Å². The summed E-state index contributed by atoms with van der Waals surface area (Å²) in [5.41, 5.74) is 3.83. The molecule has 0 aliphatic carbocycles. The van der Waals surface area contributed by atoms with E-state index in [1.165, 1.54) is 0 Å². The first-order chi connectivity index (χ1) is 13.2. The maximum absolute atomic E-state index is 6.76. The lowest BCUT2D eigenvalue weighted by Crippen LogP contribution is -2.31. The molecule has 0 atom stereocenters. The normalized spacial score (nSPS) is 11.3. The van der Waals surface area contributed by atoms with E-state index in [1.54, 1.807) is 0 Å². The second-order valence-electron chi connectivity index (χ2n) is 6.33. The van der Waals surface area contributed by atoms with Gasteiger partial charge in [0.15, 0.2) is 0 Å². The van der Waals surface area contributed by atoms with E-state index in [-0.39, 0.29) is 0 Å². The highest BCUT2D eigenvalue weighted by atomic mass is 79.9. The van der Waals surface area contributed by atoms with Gasteiger partial charge in [-0.3, -0.25) is 0 Å². The van der Waals surface area contributed by atoms with Gasteiger partial charge in [0.2, 0.25) is 0 Å². The molecule has 0 saturated carbocycles. The Balaban J connectivity index is 2.16. The Morgan fingerprint density at radius 3 is 1.70 bits per heavy atom. The molecule has 27 heavy (non-hydrogen) atoms. The highest BCUT2D eigenvalue weighted by molar-refractivity contribution is 9.10. The summed E-state index contributed by atoms with van der Waals surface area (Å²) in [7, 11) is 0. The molecule has 0 saturated heterocycles. The fraction of sp³-hybridized carbons (Fsp3) is 0.0417. The molecule has 1 heterocycles. The third-order valence-corrected chi connectivity index (χ3v) is 5.65. The lowest BCUT2D eigenvalue weighted by molar-refractivity contribution is 0.739. The van der Waals surface area contributed by atoms with Crippen LogP contribution in [0.4, 0.5) is 0 Å².